The SMILES string of the molecule is Cc1ccccc1S(=O)(=O)NC(=O)NCCC(C)C. The summed E-state index contributed by atoms with van der Waals surface area (Å²) in [6.45, 7) is 6.20. The molecule has 0 aromatic heterocycles. The van der Waals surface area contributed by atoms with Gasteiger partial charge in [-0.3, -0.25) is 0 Å². The minimum absolute atomic E-state index is 0.119. The average Bonchev–Trinajstić information content (AvgIpc) is 2.27. The van der Waals surface area contributed by atoms with Gasteiger partial charge < -0.3 is 5.32 Å². The summed E-state index contributed by atoms with van der Waals surface area (Å²) in [5.41, 5.74) is 0.602. The summed E-state index contributed by atoms with van der Waals surface area (Å²) in [5, 5.41) is 2.53. The van der Waals surface area contributed by atoms with E-state index in [1.807, 2.05) is 18.6 Å². The van der Waals surface area contributed by atoms with Gasteiger partial charge in [0.25, 0.3) is 10.0 Å². The number of rotatable bonds is 5. The van der Waals surface area contributed by atoms with E-state index in [2.05, 4.69) is 5.32 Å². The van der Waals surface area contributed by atoms with E-state index in [1.54, 1.807) is 25.1 Å². The lowest BCUT2D eigenvalue weighted by Crippen LogP contribution is -2.40. The average molecular weight is 284 g/mol. The highest BCUT2D eigenvalue weighted by atomic mass is 32.2. The molecule has 0 unspecified atom stereocenters. The molecular weight excluding hydrogens is 264 g/mol. The van der Waals surface area contributed by atoms with Gasteiger partial charge in [-0.25, -0.2) is 17.9 Å². The van der Waals surface area contributed by atoms with Crippen molar-refractivity contribution in [3.05, 3.63) is 29.8 Å². The van der Waals surface area contributed by atoms with Gasteiger partial charge in [0.1, 0.15) is 0 Å². The second-order valence-corrected chi connectivity index (χ2v) is 6.46. The molecule has 1 aromatic carbocycles. The maximum absolute atomic E-state index is 12.0. The first-order valence-electron chi connectivity index (χ1n) is 6.19. The minimum atomic E-state index is -3.80. The lowest BCUT2D eigenvalue weighted by Gasteiger charge is -2.11. The van der Waals surface area contributed by atoms with Crippen LogP contribution in [-0.4, -0.2) is 21.0 Å². The Balaban J connectivity index is 2.65. The third-order valence-electron chi connectivity index (χ3n) is 2.62. The van der Waals surface area contributed by atoms with Crippen molar-refractivity contribution in [2.75, 3.05) is 6.54 Å². The lowest BCUT2D eigenvalue weighted by atomic mass is 10.1. The molecule has 0 fully saturated rings. The van der Waals surface area contributed by atoms with Crippen LogP contribution in [0.5, 0.6) is 0 Å². The number of benzene rings is 1. The Hall–Kier alpha value is -1.56. The van der Waals surface area contributed by atoms with Gasteiger partial charge in [0.2, 0.25) is 0 Å². The molecule has 106 valence electrons. The number of sulfonamides is 1. The van der Waals surface area contributed by atoms with Gasteiger partial charge in [0, 0.05) is 6.54 Å². The number of carbonyl (C=O) groups excluding carboxylic acids is 1. The van der Waals surface area contributed by atoms with Crippen molar-refractivity contribution in [2.24, 2.45) is 5.92 Å². The first kappa shape index (κ1) is 15.5. The van der Waals surface area contributed by atoms with E-state index >= 15 is 0 Å². The molecule has 1 rings (SSSR count). The summed E-state index contributed by atoms with van der Waals surface area (Å²) in [4.78, 5) is 11.6. The first-order chi connectivity index (χ1) is 8.83. The van der Waals surface area contributed by atoms with Gasteiger partial charge in [-0.2, -0.15) is 0 Å². The molecule has 1 aromatic rings. The normalized spacial score (nSPS) is 11.4. The summed E-state index contributed by atoms with van der Waals surface area (Å²) in [6, 6.07) is 5.84. The zero-order valence-corrected chi connectivity index (χ0v) is 12.3. The van der Waals surface area contributed by atoms with Gasteiger partial charge in [-0.15, -0.1) is 0 Å². The molecule has 0 spiro atoms. The molecule has 0 aliphatic rings. The molecule has 0 atom stereocenters. The number of hydrogen-bond acceptors (Lipinski definition) is 3. The van der Waals surface area contributed by atoms with Crippen molar-refractivity contribution in [3.63, 3.8) is 0 Å². The van der Waals surface area contributed by atoms with Crippen molar-refractivity contribution >= 4 is 16.1 Å². The fraction of sp³-hybridized carbons (Fsp3) is 0.462. The number of nitrogens with one attached hydrogen (secondary N) is 2. The fourth-order valence-electron chi connectivity index (χ4n) is 1.55. The van der Waals surface area contributed by atoms with Crippen molar-refractivity contribution in [1.29, 1.82) is 0 Å². The molecule has 0 radical (unpaired) electrons. The summed E-state index contributed by atoms with van der Waals surface area (Å²) < 4.78 is 26.0. The third-order valence-corrected chi connectivity index (χ3v) is 4.11. The van der Waals surface area contributed by atoms with Crippen LogP contribution in [0.3, 0.4) is 0 Å². The van der Waals surface area contributed by atoms with Gasteiger partial charge in [0.15, 0.2) is 0 Å². The highest BCUT2D eigenvalue weighted by Crippen LogP contribution is 2.13. The zero-order valence-electron chi connectivity index (χ0n) is 11.4. The Morgan fingerprint density at radius 3 is 2.47 bits per heavy atom. The molecular formula is C13H20N2O3S. The second-order valence-electron chi connectivity index (χ2n) is 4.81. The number of aryl methyl sites for hydroxylation is 1. The highest BCUT2D eigenvalue weighted by Gasteiger charge is 2.18. The first-order valence-corrected chi connectivity index (χ1v) is 7.67. The van der Waals surface area contributed by atoms with Gasteiger partial charge in [-0.1, -0.05) is 32.0 Å². The van der Waals surface area contributed by atoms with Gasteiger partial charge >= 0.3 is 6.03 Å². The molecule has 2 N–H and O–H groups in total. The van der Waals surface area contributed by atoms with Crippen molar-refractivity contribution in [2.45, 2.75) is 32.1 Å². The van der Waals surface area contributed by atoms with Crippen molar-refractivity contribution in [1.82, 2.24) is 10.0 Å². The van der Waals surface area contributed by atoms with E-state index in [0.717, 1.165) is 6.42 Å². The van der Waals surface area contributed by atoms with E-state index in [4.69, 9.17) is 0 Å². The van der Waals surface area contributed by atoms with Crippen LogP contribution in [0.4, 0.5) is 4.79 Å². The maximum Gasteiger partial charge on any atom is 0.328 e. The number of carbonyl (C=O) groups is 1. The van der Waals surface area contributed by atoms with Crippen molar-refractivity contribution < 1.29 is 13.2 Å². The van der Waals surface area contributed by atoms with Crippen LogP contribution in [0, 0.1) is 12.8 Å². The molecule has 0 saturated carbocycles. The van der Waals surface area contributed by atoms with Crippen LogP contribution in [0.1, 0.15) is 25.8 Å². The smallest absolute Gasteiger partial charge is 0.328 e. The summed E-state index contributed by atoms with van der Waals surface area (Å²) in [6.07, 6.45) is 0.803. The molecule has 0 aliphatic carbocycles. The standard InChI is InChI=1S/C13H20N2O3S/c1-10(2)8-9-14-13(16)15-19(17,18)12-7-5-4-6-11(12)3/h4-7,10H,8-9H2,1-3H3,(H2,14,15,16). The molecule has 2 amide bonds. The molecule has 5 nitrogen and oxygen atoms in total. The molecule has 0 aliphatic heterocycles. The van der Waals surface area contributed by atoms with E-state index in [1.165, 1.54) is 6.07 Å². The summed E-state index contributed by atoms with van der Waals surface area (Å²) in [7, 11) is -3.80. The van der Waals surface area contributed by atoms with E-state index in [-0.39, 0.29) is 4.90 Å². The fourth-order valence-corrected chi connectivity index (χ4v) is 2.72. The predicted octanol–water partition coefficient (Wildman–Crippen LogP) is 2.03. The molecule has 0 heterocycles. The highest BCUT2D eigenvalue weighted by molar-refractivity contribution is 7.90. The molecule has 19 heavy (non-hydrogen) atoms. The van der Waals surface area contributed by atoms with Gasteiger partial charge in [-0.05, 0) is 30.9 Å². The van der Waals surface area contributed by atoms with Crippen molar-refractivity contribution in [3.8, 4) is 0 Å². The largest absolute Gasteiger partial charge is 0.337 e. The van der Waals surface area contributed by atoms with E-state index in [0.29, 0.717) is 18.0 Å². The van der Waals surface area contributed by atoms with E-state index < -0.39 is 16.1 Å². The minimum Gasteiger partial charge on any atom is -0.337 e. The van der Waals surface area contributed by atoms with Gasteiger partial charge in [0.05, 0.1) is 4.90 Å². The van der Waals surface area contributed by atoms with Crippen LogP contribution in [0.2, 0.25) is 0 Å². The number of amides is 2. The number of urea groups is 1. The maximum atomic E-state index is 12.0. The number of hydrogen-bond donors (Lipinski definition) is 2. The zero-order chi connectivity index (χ0) is 14.5. The van der Waals surface area contributed by atoms with Crippen LogP contribution < -0.4 is 10.0 Å². The Labute approximate surface area is 114 Å². The summed E-state index contributed by atoms with van der Waals surface area (Å²) in [5.74, 6) is 0.452. The van der Waals surface area contributed by atoms with Crippen LogP contribution in [0.25, 0.3) is 0 Å². The monoisotopic (exact) mass is 284 g/mol. The van der Waals surface area contributed by atoms with Crippen LogP contribution in [-0.2, 0) is 10.0 Å². The Morgan fingerprint density at radius 2 is 1.89 bits per heavy atom. The summed E-state index contributed by atoms with van der Waals surface area (Å²) >= 11 is 0. The Morgan fingerprint density at radius 1 is 1.26 bits per heavy atom. The topological polar surface area (TPSA) is 75.3 Å². The molecule has 0 saturated heterocycles. The second kappa shape index (κ2) is 6.56. The lowest BCUT2D eigenvalue weighted by molar-refractivity contribution is 0.245. The third kappa shape index (κ3) is 4.90. The molecule has 0 bridgehead atoms. The van der Waals surface area contributed by atoms with E-state index in [9.17, 15) is 13.2 Å². The Bertz CT molecular complexity index is 539. The quantitative estimate of drug-likeness (QED) is 0.868. The van der Waals surface area contributed by atoms with Crippen LogP contribution in [0.15, 0.2) is 29.2 Å². The molecule has 6 heteroatoms. The van der Waals surface area contributed by atoms with Crippen LogP contribution >= 0.6 is 0 Å². The predicted molar refractivity (Wildman–Crippen MR) is 74.4 cm³/mol. The Kier molecular flexibility index (Phi) is 5.35.